The number of carbonyl (C=O) groups excluding carboxylic acids is 1. The molecule has 0 saturated carbocycles. The van der Waals surface area contributed by atoms with Gasteiger partial charge in [0.15, 0.2) is 0 Å². The highest BCUT2D eigenvalue weighted by molar-refractivity contribution is 6.02. The van der Waals surface area contributed by atoms with Crippen molar-refractivity contribution in [2.75, 3.05) is 5.32 Å². The molecule has 3 nitrogen and oxygen atoms in total. The summed E-state index contributed by atoms with van der Waals surface area (Å²) in [4.78, 5) is 12.4. The van der Waals surface area contributed by atoms with Gasteiger partial charge in [0.05, 0.1) is 5.56 Å². The zero-order chi connectivity index (χ0) is 15.4. The van der Waals surface area contributed by atoms with Crippen LogP contribution >= 0.6 is 0 Å². The van der Waals surface area contributed by atoms with Crippen molar-refractivity contribution < 1.29 is 4.79 Å². The number of rotatable bonds is 1. The number of hydrogen-bond donors (Lipinski definition) is 2. The fourth-order valence-electron chi connectivity index (χ4n) is 3.88. The fourth-order valence-corrected chi connectivity index (χ4v) is 3.88. The molecule has 0 fully saturated rings. The first-order chi connectivity index (χ1) is 11.3. The number of nitrogens with one attached hydrogen (secondary N) is 2. The van der Waals surface area contributed by atoms with Crippen LogP contribution in [0, 0.1) is 0 Å². The summed E-state index contributed by atoms with van der Waals surface area (Å²) >= 11 is 0. The number of carbonyl (C=O) groups is 1. The number of fused-ring (bicyclic) bond motifs is 1. The Hall–Kier alpha value is -2.81. The average molecular weight is 300 g/mol. The summed E-state index contributed by atoms with van der Waals surface area (Å²) in [7, 11) is 0. The smallest absolute Gasteiger partial charge is 0.255 e. The van der Waals surface area contributed by atoms with Crippen LogP contribution in [0.4, 0.5) is 5.69 Å². The minimum absolute atomic E-state index is 0.0207. The van der Waals surface area contributed by atoms with Crippen molar-refractivity contribution in [3.63, 3.8) is 0 Å². The summed E-state index contributed by atoms with van der Waals surface area (Å²) in [5.74, 6) is -0.0207. The summed E-state index contributed by atoms with van der Waals surface area (Å²) in [6, 6.07) is 18.5. The van der Waals surface area contributed by atoms with Crippen molar-refractivity contribution in [2.45, 2.75) is 19.0 Å². The van der Waals surface area contributed by atoms with Crippen molar-refractivity contribution in [1.29, 1.82) is 0 Å². The monoisotopic (exact) mass is 300 g/mol. The number of para-hydroxylation sites is 1. The van der Waals surface area contributed by atoms with Crippen LogP contribution in [0.3, 0.4) is 0 Å². The van der Waals surface area contributed by atoms with E-state index in [-0.39, 0.29) is 12.1 Å². The molecule has 0 aromatic heterocycles. The van der Waals surface area contributed by atoms with E-state index in [1.165, 1.54) is 21.9 Å². The molecular weight excluding hydrogens is 284 g/mol. The van der Waals surface area contributed by atoms with Crippen LogP contribution in [0.25, 0.3) is 10.8 Å². The molecule has 3 heteroatoms. The summed E-state index contributed by atoms with van der Waals surface area (Å²) in [5, 5.41) is 9.17. The zero-order valence-corrected chi connectivity index (χ0v) is 12.6. The summed E-state index contributed by atoms with van der Waals surface area (Å²) in [5.41, 5.74) is 5.57. The van der Waals surface area contributed by atoms with Gasteiger partial charge in [-0.15, -0.1) is 0 Å². The van der Waals surface area contributed by atoms with Gasteiger partial charge in [0.2, 0.25) is 0 Å². The first-order valence-electron chi connectivity index (χ1n) is 8.01. The van der Waals surface area contributed by atoms with Crippen molar-refractivity contribution in [3.05, 3.63) is 76.9 Å². The molecule has 1 atom stereocenters. The van der Waals surface area contributed by atoms with E-state index in [1.807, 2.05) is 24.3 Å². The van der Waals surface area contributed by atoms with Gasteiger partial charge in [-0.3, -0.25) is 4.79 Å². The molecule has 0 radical (unpaired) electrons. The van der Waals surface area contributed by atoms with Crippen LogP contribution in [-0.4, -0.2) is 5.91 Å². The molecule has 1 heterocycles. The highest BCUT2D eigenvalue weighted by Gasteiger charge is 2.26. The molecule has 23 heavy (non-hydrogen) atoms. The third kappa shape index (κ3) is 1.80. The molecule has 3 aromatic rings. The Balaban J connectivity index is 1.67. The van der Waals surface area contributed by atoms with Crippen LogP contribution in [0.5, 0.6) is 0 Å². The van der Waals surface area contributed by atoms with Crippen molar-refractivity contribution in [2.24, 2.45) is 0 Å². The van der Waals surface area contributed by atoms with Gasteiger partial charge >= 0.3 is 0 Å². The lowest BCUT2D eigenvalue weighted by molar-refractivity contribution is 0.0936. The SMILES string of the molecule is O=C1N[C@H](c2ccc3c4c(cccc24)CC3)Nc2ccccc21. The Kier molecular flexibility index (Phi) is 2.54. The predicted octanol–water partition coefficient (Wildman–Crippen LogP) is 3.79. The standard InChI is InChI=1S/C20H16N2O/c23-20-16-5-1-2-7-17(16)21-19(22-20)15-11-10-13-9-8-12-4-3-6-14(15)18(12)13/h1-7,10-11,19,21H,8-9H2,(H,22,23)/t19-/m1/s1. The zero-order valence-electron chi connectivity index (χ0n) is 12.6. The molecule has 112 valence electrons. The van der Waals surface area contributed by atoms with Gasteiger partial charge in [0, 0.05) is 11.3 Å². The van der Waals surface area contributed by atoms with Crippen molar-refractivity contribution in [3.8, 4) is 0 Å². The summed E-state index contributed by atoms with van der Waals surface area (Å²) < 4.78 is 0. The van der Waals surface area contributed by atoms with Gasteiger partial charge in [0.25, 0.3) is 5.91 Å². The van der Waals surface area contributed by atoms with E-state index < -0.39 is 0 Å². The lowest BCUT2D eigenvalue weighted by Crippen LogP contribution is -2.38. The summed E-state index contributed by atoms with van der Waals surface area (Å²) in [6.45, 7) is 0. The highest BCUT2D eigenvalue weighted by atomic mass is 16.2. The Morgan fingerprint density at radius 1 is 0.826 bits per heavy atom. The molecule has 3 aromatic carbocycles. The molecule has 0 spiro atoms. The molecule has 1 amide bonds. The number of aryl methyl sites for hydroxylation is 2. The van der Waals surface area contributed by atoms with E-state index in [4.69, 9.17) is 0 Å². The van der Waals surface area contributed by atoms with E-state index >= 15 is 0 Å². The highest BCUT2D eigenvalue weighted by Crippen LogP contribution is 2.36. The summed E-state index contributed by atoms with van der Waals surface area (Å²) in [6.07, 6.45) is 2.04. The molecule has 1 aliphatic carbocycles. The largest absolute Gasteiger partial charge is 0.361 e. The van der Waals surface area contributed by atoms with Gasteiger partial charge in [-0.25, -0.2) is 0 Å². The number of anilines is 1. The molecule has 0 saturated heterocycles. The van der Waals surface area contributed by atoms with Crippen LogP contribution in [0.15, 0.2) is 54.6 Å². The van der Waals surface area contributed by atoms with Gasteiger partial charge in [-0.2, -0.15) is 0 Å². The second-order valence-electron chi connectivity index (χ2n) is 6.25. The van der Waals surface area contributed by atoms with Crippen LogP contribution in [0.1, 0.15) is 33.2 Å². The lowest BCUT2D eigenvalue weighted by Gasteiger charge is -2.29. The Morgan fingerprint density at radius 3 is 2.57 bits per heavy atom. The maximum absolute atomic E-state index is 12.4. The Labute approximate surface area is 134 Å². The van der Waals surface area contributed by atoms with Crippen LogP contribution in [0.2, 0.25) is 0 Å². The number of hydrogen-bond acceptors (Lipinski definition) is 2. The first kappa shape index (κ1) is 12.7. The normalized spacial score (nSPS) is 18.4. The van der Waals surface area contributed by atoms with E-state index in [1.54, 1.807) is 0 Å². The molecule has 5 rings (SSSR count). The molecular formula is C20H16N2O. The predicted molar refractivity (Wildman–Crippen MR) is 91.6 cm³/mol. The topological polar surface area (TPSA) is 41.1 Å². The quantitative estimate of drug-likeness (QED) is 0.718. The molecule has 2 aliphatic rings. The number of benzene rings is 3. The molecule has 2 N–H and O–H groups in total. The maximum Gasteiger partial charge on any atom is 0.255 e. The van der Waals surface area contributed by atoms with Crippen LogP contribution < -0.4 is 10.6 Å². The molecule has 0 bridgehead atoms. The third-order valence-electron chi connectivity index (χ3n) is 4.97. The van der Waals surface area contributed by atoms with Gasteiger partial charge < -0.3 is 10.6 Å². The van der Waals surface area contributed by atoms with E-state index in [9.17, 15) is 4.79 Å². The van der Waals surface area contributed by atoms with Crippen LogP contribution in [-0.2, 0) is 12.8 Å². The average Bonchev–Trinajstić information content (AvgIpc) is 3.00. The van der Waals surface area contributed by atoms with E-state index in [2.05, 4.69) is 41.0 Å². The van der Waals surface area contributed by atoms with E-state index in [0.29, 0.717) is 5.56 Å². The second-order valence-corrected chi connectivity index (χ2v) is 6.25. The lowest BCUT2D eigenvalue weighted by atomic mass is 9.97. The molecule has 1 aliphatic heterocycles. The molecule has 0 unspecified atom stereocenters. The Morgan fingerprint density at radius 2 is 1.65 bits per heavy atom. The first-order valence-corrected chi connectivity index (χ1v) is 8.01. The fraction of sp³-hybridized carbons (Fsp3) is 0.150. The Bertz CT molecular complexity index is 951. The van der Waals surface area contributed by atoms with E-state index in [0.717, 1.165) is 24.1 Å². The third-order valence-corrected chi connectivity index (χ3v) is 4.97. The number of amides is 1. The van der Waals surface area contributed by atoms with Crippen molar-refractivity contribution in [1.82, 2.24) is 5.32 Å². The second kappa shape index (κ2) is 4.59. The minimum atomic E-state index is -0.192. The van der Waals surface area contributed by atoms with Gasteiger partial charge in [0.1, 0.15) is 6.17 Å². The van der Waals surface area contributed by atoms with Crippen molar-refractivity contribution >= 4 is 22.4 Å². The minimum Gasteiger partial charge on any atom is -0.361 e. The van der Waals surface area contributed by atoms with Gasteiger partial charge in [-0.05, 0) is 46.9 Å². The van der Waals surface area contributed by atoms with Gasteiger partial charge in [-0.1, -0.05) is 42.5 Å². The maximum atomic E-state index is 12.4.